The van der Waals surface area contributed by atoms with Gasteiger partial charge in [-0.2, -0.15) is 0 Å². The highest BCUT2D eigenvalue weighted by molar-refractivity contribution is 7.17. The van der Waals surface area contributed by atoms with Crippen LogP contribution in [0.25, 0.3) is 10.1 Å². The van der Waals surface area contributed by atoms with E-state index in [1.807, 2.05) is 17.5 Å². The van der Waals surface area contributed by atoms with Gasteiger partial charge in [0.2, 0.25) is 0 Å². The van der Waals surface area contributed by atoms with Gasteiger partial charge in [0.1, 0.15) is 5.82 Å². The maximum absolute atomic E-state index is 14.2. The van der Waals surface area contributed by atoms with Gasteiger partial charge >= 0.3 is 5.97 Å². The molecule has 0 N–H and O–H groups in total. The van der Waals surface area contributed by atoms with Crippen molar-refractivity contribution >= 4 is 44.7 Å². The average Bonchev–Trinajstić information content (AvgIpc) is 3.42. The second-order valence-corrected chi connectivity index (χ2v) is 10.5. The van der Waals surface area contributed by atoms with Gasteiger partial charge < -0.3 is 9.74 Å². The highest BCUT2D eigenvalue weighted by atomic mass is 32.1. The van der Waals surface area contributed by atoms with E-state index in [0.717, 1.165) is 71.1 Å². The molecule has 0 bridgehead atoms. The zero-order chi connectivity index (χ0) is 26.1. The van der Waals surface area contributed by atoms with E-state index >= 15 is 0 Å². The van der Waals surface area contributed by atoms with E-state index < -0.39 is 5.97 Å². The summed E-state index contributed by atoms with van der Waals surface area (Å²) in [4.78, 5) is 39.4. The molecule has 1 amide bonds. The maximum atomic E-state index is 14.2. The number of rotatable bonds is 6. The molecule has 0 spiro atoms. The fraction of sp³-hybridized carbons (Fsp3) is 0.276. The first-order chi connectivity index (χ1) is 18.5. The normalized spacial score (nSPS) is 16.1. The van der Waals surface area contributed by atoms with Crippen LogP contribution in [0.15, 0.2) is 66.2 Å². The summed E-state index contributed by atoms with van der Waals surface area (Å²) in [6, 6.07) is 16.4. The van der Waals surface area contributed by atoms with Crippen molar-refractivity contribution < 1.29 is 18.8 Å². The monoisotopic (exact) mass is 530 g/mol. The zero-order valence-electron chi connectivity index (χ0n) is 20.8. The number of carbonyl (C=O) groups excluding carboxylic acids is 2. The van der Waals surface area contributed by atoms with Crippen LogP contribution in [0, 0.1) is 5.82 Å². The Balaban J connectivity index is 1.10. The molecule has 2 aliphatic rings. The van der Waals surface area contributed by atoms with Gasteiger partial charge in [0, 0.05) is 61.1 Å². The Morgan fingerprint density at radius 3 is 2.68 bits per heavy atom. The third-order valence-electron chi connectivity index (χ3n) is 7.20. The molecule has 38 heavy (non-hydrogen) atoms. The van der Waals surface area contributed by atoms with Crippen molar-refractivity contribution in [1.29, 1.82) is 0 Å². The number of carbonyl (C=O) groups is 2. The summed E-state index contributed by atoms with van der Waals surface area (Å²) >= 11 is 1.57. The fourth-order valence-corrected chi connectivity index (χ4v) is 5.97. The molecule has 6 rings (SSSR count). The molecule has 0 atom stereocenters. The molecule has 1 saturated heterocycles. The molecule has 2 aromatic heterocycles. The Morgan fingerprint density at radius 2 is 1.87 bits per heavy atom. The third-order valence-corrected chi connectivity index (χ3v) is 8.06. The number of hydroxylamine groups is 1. The molecule has 0 saturated carbocycles. The van der Waals surface area contributed by atoms with Crippen molar-refractivity contribution in [2.45, 2.75) is 19.3 Å². The summed E-state index contributed by atoms with van der Waals surface area (Å²) in [5, 5.41) is 4.25. The van der Waals surface area contributed by atoms with Gasteiger partial charge in [-0.15, -0.1) is 16.4 Å². The number of fused-ring (bicyclic) bond motifs is 2. The number of benzene rings is 2. The summed E-state index contributed by atoms with van der Waals surface area (Å²) in [7, 11) is 0. The van der Waals surface area contributed by atoms with Gasteiger partial charge in [0.05, 0.1) is 5.69 Å². The Morgan fingerprint density at radius 1 is 1.00 bits per heavy atom. The topological polar surface area (TPSA) is 66.0 Å². The van der Waals surface area contributed by atoms with Crippen LogP contribution >= 0.6 is 11.3 Å². The van der Waals surface area contributed by atoms with E-state index in [4.69, 9.17) is 4.84 Å². The van der Waals surface area contributed by atoms with Crippen LogP contribution in [-0.2, 0) is 22.5 Å². The molecule has 7 nitrogen and oxygen atoms in total. The number of aromatic nitrogens is 1. The number of thiophene rings is 1. The lowest BCUT2D eigenvalue weighted by molar-refractivity contribution is -0.124. The van der Waals surface area contributed by atoms with Crippen molar-refractivity contribution in [3.63, 3.8) is 0 Å². The minimum absolute atomic E-state index is 0.153. The first kappa shape index (κ1) is 24.5. The molecule has 0 aliphatic carbocycles. The molecule has 2 aliphatic heterocycles. The van der Waals surface area contributed by atoms with E-state index in [2.05, 4.69) is 26.9 Å². The SMILES string of the molecule is O=C(ON1C(=O)CCc2ccc(CCN3CCN(c4cc(F)cc5sccc45)CC3)cc21)c1ccccn1. The average molecular weight is 531 g/mol. The minimum atomic E-state index is -0.659. The first-order valence-electron chi connectivity index (χ1n) is 12.8. The summed E-state index contributed by atoms with van der Waals surface area (Å²) in [5.74, 6) is -1.09. The predicted octanol–water partition coefficient (Wildman–Crippen LogP) is 4.85. The van der Waals surface area contributed by atoms with Gasteiger partial charge in [-0.3, -0.25) is 9.69 Å². The van der Waals surface area contributed by atoms with Crippen LogP contribution in [0.3, 0.4) is 0 Å². The van der Waals surface area contributed by atoms with E-state index in [1.54, 1.807) is 41.7 Å². The Bertz CT molecular complexity index is 1480. The van der Waals surface area contributed by atoms with E-state index in [-0.39, 0.29) is 23.8 Å². The number of piperazine rings is 1. The number of amides is 1. The minimum Gasteiger partial charge on any atom is -0.368 e. The van der Waals surface area contributed by atoms with Crippen LogP contribution in [0.4, 0.5) is 15.8 Å². The molecule has 9 heteroatoms. The largest absolute Gasteiger partial charge is 0.381 e. The molecule has 2 aromatic carbocycles. The highest BCUT2D eigenvalue weighted by Gasteiger charge is 2.29. The zero-order valence-corrected chi connectivity index (χ0v) is 21.6. The second kappa shape index (κ2) is 10.5. The maximum Gasteiger partial charge on any atom is 0.381 e. The number of halogens is 1. The number of pyridine rings is 1. The molecular weight excluding hydrogens is 503 g/mol. The lowest BCUT2D eigenvalue weighted by Crippen LogP contribution is -2.47. The summed E-state index contributed by atoms with van der Waals surface area (Å²) < 4.78 is 15.1. The van der Waals surface area contributed by atoms with E-state index in [1.165, 1.54) is 6.20 Å². The van der Waals surface area contributed by atoms with Crippen molar-refractivity contribution in [2.24, 2.45) is 0 Å². The van der Waals surface area contributed by atoms with Crippen LogP contribution in [-0.4, -0.2) is 54.5 Å². The summed E-state index contributed by atoms with van der Waals surface area (Å²) in [5.41, 5.74) is 3.80. The van der Waals surface area contributed by atoms with E-state index in [9.17, 15) is 14.0 Å². The molecule has 4 aromatic rings. The van der Waals surface area contributed by atoms with E-state index in [0.29, 0.717) is 12.1 Å². The summed E-state index contributed by atoms with van der Waals surface area (Å²) in [6.07, 6.45) is 3.22. The number of anilines is 2. The van der Waals surface area contributed by atoms with Crippen molar-refractivity contribution in [3.8, 4) is 0 Å². The van der Waals surface area contributed by atoms with Crippen molar-refractivity contribution in [2.75, 3.05) is 42.7 Å². The third kappa shape index (κ3) is 4.99. The Kier molecular flexibility index (Phi) is 6.78. The smallest absolute Gasteiger partial charge is 0.368 e. The lowest BCUT2D eigenvalue weighted by Gasteiger charge is -2.36. The van der Waals surface area contributed by atoms with Gasteiger partial charge in [0.15, 0.2) is 5.69 Å². The van der Waals surface area contributed by atoms with Gasteiger partial charge in [0.25, 0.3) is 5.91 Å². The molecule has 1 fully saturated rings. The lowest BCUT2D eigenvalue weighted by atomic mass is 9.99. The highest BCUT2D eigenvalue weighted by Crippen LogP contribution is 2.33. The first-order valence-corrected chi connectivity index (χ1v) is 13.7. The van der Waals surface area contributed by atoms with Gasteiger partial charge in [-0.05, 0) is 65.7 Å². The van der Waals surface area contributed by atoms with Gasteiger partial charge in [-0.1, -0.05) is 18.2 Å². The van der Waals surface area contributed by atoms with Crippen LogP contribution in [0.5, 0.6) is 0 Å². The second-order valence-electron chi connectivity index (χ2n) is 9.58. The predicted molar refractivity (Wildman–Crippen MR) is 146 cm³/mol. The quantitative estimate of drug-likeness (QED) is 0.355. The molecule has 0 unspecified atom stereocenters. The molecular formula is C29H27FN4O3S. The van der Waals surface area contributed by atoms with Crippen LogP contribution < -0.4 is 9.96 Å². The Hall–Kier alpha value is -3.82. The number of hydrogen-bond donors (Lipinski definition) is 0. The molecule has 4 heterocycles. The standard InChI is InChI=1S/C29H27FN4O3S/c30-22-18-26(23-9-16-38-27(23)19-22)33-14-12-32(13-15-33)11-8-20-4-5-21-6-7-28(35)34(25(21)17-20)37-29(36)24-3-1-2-10-31-24/h1-5,9-10,16-19H,6-8,11-15H2. The molecule has 194 valence electrons. The molecule has 0 radical (unpaired) electrons. The Labute approximate surface area is 224 Å². The fourth-order valence-electron chi connectivity index (χ4n) is 5.14. The number of nitrogens with zero attached hydrogens (tertiary/aromatic N) is 4. The number of aryl methyl sites for hydroxylation is 1. The van der Waals surface area contributed by atoms with Crippen LogP contribution in [0.1, 0.15) is 28.0 Å². The van der Waals surface area contributed by atoms with Crippen LogP contribution in [0.2, 0.25) is 0 Å². The van der Waals surface area contributed by atoms with Crippen molar-refractivity contribution in [1.82, 2.24) is 9.88 Å². The summed E-state index contributed by atoms with van der Waals surface area (Å²) in [6.45, 7) is 4.32. The van der Waals surface area contributed by atoms with Gasteiger partial charge in [-0.25, -0.2) is 14.2 Å². The number of hydrogen-bond acceptors (Lipinski definition) is 7. The van der Waals surface area contributed by atoms with Crippen molar-refractivity contribution in [3.05, 3.63) is 88.8 Å².